The van der Waals surface area contributed by atoms with Crippen molar-refractivity contribution in [2.45, 2.75) is 19.4 Å². The molecule has 2 aromatic carbocycles. The summed E-state index contributed by atoms with van der Waals surface area (Å²) in [6, 6.07) is 13.0. The second-order valence-electron chi connectivity index (χ2n) is 6.35. The van der Waals surface area contributed by atoms with Gasteiger partial charge in [0.2, 0.25) is 0 Å². The van der Waals surface area contributed by atoms with Gasteiger partial charge in [-0.25, -0.2) is 4.39 Å². The van der Waals surface area contributed by atoms with Crippen LogP contribution < -0.4 is 9.80 Å². The summed E-state index contributed by atoms with van der Waals surface area (Å²) in [4.78, 5) is 15.7. The molecule has 8 heteroatoms. The molecule has 0 N–H and O–H groups in total. The molecule has 1 heterocycles. The van der Waals surface area contributed by atoms with Crippen LogP contribution in [0.2, 0.25) is 5.02 Å². The lowest BCUT2D eigenvalue weighted by Crippen LogP contribution is -2.44. The van der Waals surface area contributed by atoms with E-state index in [-0.39, 0.29) is 21.4 Å². The molecule has 3 rings (SSSR count). The maximum absolute atomic E-state index is 14.7. The second kappa shape index (κ2) is 6.62. The average Bonchev–Trinajstić information content (AvgIpc) is 2.82. The molecule has 0 atom stereocenters. The fourth-order valence-electron chi connectivity index (χ4n) is 2.92. The zero-order chi connectivity index (χ0) is 19.9. The summed E-state index contributed by atoms with van der Waals surface area (Å²) < 4.78 is 14.7. The first kappa shape index (κ1) is 18.8. The predicted molar refractivity (Wildman–Crippen MR) is 104 cm³/mol. The molecule has 1 aliphatic rings. The fraction of sp³-hybridized carbons (Fsp3) is 0.158. The summed E-state index contributed by atoms with van der Waals surface area (Å²) in [6.07, 6.45) is 0. The van der Waals surface area contributed by atoms with E-state index in [1.807, 2.05) is 6.07 Å². The Morgan fingerprint density at radius 1 is 1.11 bits per heavy atom. The number of carbonyl (C=O) groups excluding carboxylic acids is 1. The molecule has 0 saturated carbocycles. The number of amides is 1. The van der Waals surface area contributed by atoms with Crippen molar-refractivity contribution in [1.29, 1.82) is 10.5 Å². The lowest BCUT2D eigenvalue weighted by atomic mass is 10.0. The van der Waals surface area contributed by atoms with Crippen LogP contribution in [-0.4, -0.2) is 16.6 Å². The van der Waals surface area contributed by atoms with Gasteiger partial charge in [-0.1, -0.05) is 11.6 Å². The van der Waals surface area contributed by atoms with Crippen molar-refractivity contribution in [1.82, 2.24) is 0 Å². The monoisotopic (exact) mass is 398 g/mol. The summed E-state index contributed by atoms with van der Waals surface area (Å²) in [6.45, 7) is 3.34. The smallest absolute Gasteiger partial charge is 0.259 e. The summed E-state index contributed by atoms with van der Waals surface area (Å²) in [7, 11) is 0. The molecule has 0 unspecified atom stereocenters. The highest BCUT2D eigenvalue weighted by atomic mass is 35.5. The van der Waals surface area contributed by atoms with E-state index < -0.39 is 17.3 Å². The van der Waals surface area contributed by atoms with Crippen LogP contribution in [0.1, 0.15) is 25.0 Å². The molecule has 0 bridgehead atoms. The van der Waals surface area contributed by atoms with E-state index in [0.29, 0.717) is 11.3 Å². The minimum Gasteiger partial charge on any atom is -0.304 e. The molecule has 1 aliphatic heterocycles. The Labute approximate surface area is 165 Å². The van der Waals surface area contributed by atoms with Crippen LogP contribution in [0.25, 0.3) is 0 Å². The van der Waals surface area contributed by atoms with Crippen LogP contribution in [-0.2, 0) is 4.79 Å². The van der Waals surface area contributed by atoms with Crippen molar-refractivity contribution in [2.75, 3.05) is 9.80 Å². The van der Waals surface area contributed by atoms with E-state index in [4.69, 9.17) is 34.3 Å². The van der Waals surface area contributed by atoms with Gasteiger partial charge in [0.1, 0.15) is 11.6 Å². The zero-order valence-electron chi connectivity index (χ0n) is 14.3. The van der Waals surface area contributed by atoms with Crippen molar-refractivity contribution in [3.8, 4) is 12.1 Å². The number of carbonyl (C=O) groups is 1. The molecule has 0 aliphatic carbocycles. The Bertz CT molecular complexity index is 1050. The highest BCUT2D eigenvalue weighted by Crippen LogP contribution is 2.38. The van der Waals surface area contributed by atoms with Gasteiger partial charge in [-0.3, -0.25) is 9.69 Å². The third-order valence-electron chi connectivity index (χ3n) is 4.35. The molecule has 0 aromatic heterocycles. The molecule has 134 valence electrons. The quantitative estimate of drug-likeness (QED) is 0.711. The van der Waals surface area contributed by atoms with Crippen LogP contribution in [0, 0.1) is 28.5 Å². The molecule has 1 amide bonds. The average molecular weight is 399 g/mol. The molecule has 1 fully saturated rings. The normalized spacial score (nSPS) is 15.6. The third kappa shape index (κ3) is 2.82. The lowest BCUT2D eigenvalue weighted by molar-refractivity contribution is -0.120. The van der Waals surface area contributed by atoms with E-state index in [0.717, 1.165) is 4.90 Å². The van der Waals surface area contributed by atoms with Crippen molar-refractivity contribution in [3.63, 3.8) is 0 Å². The lowest BCUT2D eigenvalue weighted by Gasteiger charge is -2.29. The minimum atomic E-state index is -1.09. The summed E-state index contributed by atoms with van der Waals surface area (Å²) in [5.74, 6) is -1.32. The van der Waals surface area contributed by atoms with Crippen LogP contribution >= 0.6 is 23.8 Å². The van der Waals surface area contributed by atoms with Crippen molar-refractivity contribution in [2.24, 2.45) is 0 Å². The predicted octanol–water partition coefficient (Wildman–Crippen LogP) is 4.14. The molecular weight excluding hydrogens is 387 g/mol. The van der Waals surface area contributed by atoms with Crippen LogP contribution in [0.3, 0.4) is 0 Å². The molecule has 1 saturated heterocycles. The van der Waals surface area contributed by atoms with Crippen molar-refractivity contribution in [3.05, 3.63) is 58.4 Å². The number of rotatable bonds is 2. The maximum atomic E-state index is 14.7. The number of thiocarbonyl (C=S) groups is 1. The SMILES string of the molecule is CC1(C)C(=O)N(c2ccc(C#N)c(Cl)c2F)C(=S)N1c1ccc(C#N)cc1. The standard InChI is InChI=1S/C19H12ClFN4OS/c1-19(2)17(26)24(14-8-5-12(10-23)15(20)16(14)21)18(27)25(19)13-6-3-11(9-22)4-7-13/h3-8H,1-2H3. The molecule has 27 heavy (non-hydrogen) atoms. The number of benzene rings is 2. The van der Waals surface area contributed by atoms with E-state index in [9.17, 15) is 9.18 Å². The highest BCUT2D eigenvalue weighted by molar-refractivity contribution is 7.81. The Morgan fingerprint density at radius 3 is 2.30 bits per heavy atom. The van der Waals surface area contributed by atoms with E-state index >= 15 is 0 Å². The minimum absolute atomic E-state index is 0.0290. The number of nitrogens with zero attached hydrogens (tertiary/aromatic N) is 4. The van der Waals surface area contributed by atoms with Gasteiger partial charge in [-0.05, 0) is 62.5 Å². The van der Waals surface area contributed by atoms with Crippen LogP contribution in [0.15, 0.2) is 36.4 Å². The van der Waals surface area contributed by atoms with Gasteiger partial charge in [-0.2, -0.15) is 10.5 Å². The largest absolute Gasteiger partial charge is 0.304 e. The van der Waals surface area contributed by atoms with Gasteiger partial charge in [-0.15, -0.1) is 0 Å². The third-order valence-corrected chi connectivity index (χ3v) is 5.08. The molecule has 0 radical (unpaired) electrons. The Morgan fingerprint density at radius 2 is 1.74 bits per heavy atom. The topological polar surface area (TPSA) is 71.1 Å². The van der Waals surface area contributed by atoms with Gasteiger partial charge in [0.15, 0.2) is 10.9 Å². The van der Waals surface area contributed by atoms with Crippen LogP contribution in [0.5, 0.6) is 0 Å². The van der Waals surface area contributed by atoms with Gasteiger partial charge >= 0.3 is 0 Å². The second-order valence-corrected chi connectivity index (χ2v) is 7.09. The van der Waals surface area contributed by atoms with Gasteiger partial charge < -0.3 is 4.90 Å². The van der Waals surface area contributed by atoms with E-state index in [1.165, 1.54) is 12.1 Å². The Kier molecular flexibility index (Phi) is 4.61. The van der Waals surface area contributed by atoms with E-state index in [2.05, 4.69) is 0 Å². The first-order valence-electron chi connectivity index (χ1n) is 7.81. The maximum Gasteiger partial charge on any atom is 0.259 e. The number of hydrogen-bond acceptors (Lipinski definition) is 4. The van der Waals surface area contributed by atoms with E-state index in [1.54, 1.807) is 49.1 Å². The summed E-state index contributed by atoms with van der Waals surface area (Å²) >= 11 is 11.4. The molecular formula is C19H12ClFN4OS. The number of nitriles is 2. The summed E-state index contributed by atoms with van der Waals surface area (Å²) in [5, 5.41) is 17.7. The van der Waals surface area contributed by atoms with Crippen LogP contribution in [0.4, 0.5) is 15.8 Å². The Hall–Kier alpha value is -3.00. The molecule has 5 nitrogen and oxygen atoms in total. The van der Waals surface area contributed by atoms with Crippen molar-refractivity contribution >= 4 is 46.2 Å². The first-order chi connectivity index (χ1) is 12.7. The van der Waals surface area contributed by atoms with Crippen molar-refractivity contribution < 1.29 is 9.18 Å². The molecule has 2 aromatic rings. The zero-order valence-corrected chi connectivity index (χ0v) is 15.9. The first-order valence-corrected chi connectivity index (χ1v) is 8.59. The van der Waals surface area contributed by atoms with Gasteiger partial charge in [0.25, 0.3) is 5.91 Å². The number of anilines is 2. The van der Waals surface area contributed by atoms with Gasteiger partial charge in [0.05, 0.1) is 27.9 Å². The Balaban J connectivity index is 2.11. The highest BCUT2D eigenvalue weighted by Gasteiger charge is 2.51. The number of halogens is 2. The number of hydrogen-bond donors (Lipinski definition) is 0. The summed E-state index contributed by atoms with van der Waals surface area (Å²) in [5.41, 5.74) is -0.162. The molecule has 0 spiro atoms. The van der Waals surface area contributed by atoms with Gasteiger partial charge in [0, 0.05) is 5.69 Å². The fourth-order valence-corrected chi connectivity index (χ4v) is 3.64.